The molecule has 2 heterocycles. The number of morpholine rings is 1. The maximum absolute atomic E-state index is 13.1. The van der Waals surface area contributed by atoms with Gasteiger partial charge >= 0.3 is 12.1 Å². The van der Waals surface area contributed by atoms with E-state index in [0.29, 0.717) is 65.5 Å². The van der Waals surface area contributed by atoms with Gasteiger partial charge in [0.2, 0.25) is 0 Å². The zero-order chi connectivity index (χ0) is 27.0. The number of carboxylic acids is 1. The van der Waals surface area contributed by atoms with Crippen LogP contribution in [0.25, 0.3) is 27.7 Å². The third-order valence-corrected chi connectivity index (χ3v) is 6.48. The van der Waals surface area contributed by atoms with Gasteiger partial charge in [0.25, 0.3) is 0 Å². The van der Waals surface area contributed by atoms with Gasteiger partial charge in [0.1, 0.15) is 5.75 Å². The highest BCUT2D eigenvalue weighted by atomic mass is 19.4. The molecule has 1 aliphatic rings. The predicted molar refractivity (Wildman–Crippen MR) is 139 cm³/mol. The van der Waals surface area contributed by atoms with Gasteiger partial charge in [-0.25, -0.2) is 4.79 Å². The highest BCUT2D eigenvalue weighted by Gasteiger charge is 2.31. The summed E-state index contributed by atoms with van der Waals surface area (Å²) in [6.45, 7) is 5.82. The molecule has 0 bridgehead atoms. The van der Waals surface area contributed by atoms with Crippen molar-refractivity contribution in [3.05, 3.63) is 78.0 Å². The molecular formula is C29H27F3N2O4. The fraction of sp³-hybridized carbons (Fsp3) is 0.276. The standard InChI is InChI=1S/C29H27F3N2O4/c1-18(2)38-23-10-8-22(9-11-23)34-25-12-5-20(19-3-6-21(7-4-19)29(30,31)32)17-24(25)26(27(34)28(35)36)33-13-15-37-16-14-33/h3-12,17-18H,13-16H2,1-2H3,(H,35,36). The van der Waals surface area contributed by atoms with E-state index >= 15 is 0 Å². The van der Waals surface area contributed by atoms with Crippen molar-refractivity contribution >= 4 is 22.6 Å². The first kappa shape index (κ1) is 25.7. The van der Waals surface area contributed by atoms with Gasteiger partial charge < -0.3 is 24.0 Å². The van der Waals surface area contributed by atoms with Crippen LogP contribution < -0.4 is 9.64 Å². The van der Waals surface area contributed by atoms with Crippen molar-refractivity contribution in [2.24, 2.45) is 0 Å². The molecule has 0 unspecified atom stereocenters. The first-order valence-corrected chi connectivity index (χ1v) is 12.3. The van der Waals surface area contributed by atoms with Gasteiger partial charge in [-0.15, -0.1) is 0 Å². The second-order valence-corrected chi connectivity index (χ2v) is 9.40. The van der Waals surface area contributed by atoms with Gasteiger partial charge in [-0.2, -0.15) is 13.2 Å². The fourth-order valence-electron chi connectivity index (χ4n) is 4.82. The van der Waals surface area contributed by atoms with E-state index in [9.17, 15) is 23.1 Å². The average Bonchev–Trinajstić information content (AvgIpc) is 3.24. The number of benzene rings is 3. The van der Waals surface area contributed by atoms with Crippen LogP contribution in [0, 0.1) is 0 Å². The second-order valence-electron chi connectivity index (χ2n) is 9.40. The molecule has 1 aliphatic heterocycles. The van der Waals surface area contributed by atoms with Crippen LogP contribution in [-0.4, -0.2) is 48.1 Å². The molecule has 0 spiro atoms. The summed E-state index contributed by atoms with van der Waals surface area (Å²) in [4.78, 5) is 14.7. The van der Waals surface area contributed by atoms with E-state index in [1.54, 1.807) is 22.8 Å². The third-order valence-electron chi connectivity index (χ3n) is 6.48. The van der Waals surface area contributed by atoms with Crippen molar-refractivity contribution in [2.45, 2.75) is 26.1 Å². The van der Waals surface area contributed by atoms with Crippen molar-refractivity contribution in [1.29, 1.82) is 0 Å². The zero-order valence-electron chi connectivity index (χ0n) is 21.0. The lowest BCUT2D eigenvalue weighted by Gasteiger charge is -2.29. The number of fused-ring (bicyclic) bond motifs is 1. The molecule has 1 N–H and O–H groups in total. The fourth-order valence-corrected chi connectivity index (χ4v) is 4.82. The van der Waals surface area contributed by atoms with Crippen molar-refractivity contribution in [3.8, 4) is 22.6 Å². The van der Waals surface area contributed by atoms with Crippen LogP contribution in [-0.2, 0) is 10.9 Å². The number of aromatic carboxylic acids is 1. The monoisotopic (exact) mass is 524 g/mol. The molecule has 3 aromatic carbocycles. The van der Waals surface area contributed by atoms with Crippen LogP contribution in [0.4, 0.5) is 18.9 Å². The summed E-state index contributed by atoms with van der Waals surface area (Å²) in [6.07, 6.45) is -4.42. The molecule has 0 saturated carbocycles. The highest BCUT2D eigenvalue weighted by Crippen LogP contribution is 2.40. The van der Waals surface area contributed by atoms with E-state index in [2.05, 4.69) is 0 Å². The maximum Gasteiger partial charge on any atom is 0.416 e. The second kappa shape index (κ2) is 10.1. The number of carboxylic acid groups (broad SMARTS) is 1. The molecule has 4 aromatic rings. The number of ether oxygens (including phenoxy) is 2. The molecule has 0 amide bonds. The molecule has 198 valence electrons. The van der Waals surface area contributed by atoms with E-state index in [-0.39, 0.29) is 11.8 Å². The topological polar surface area (TPSA) is 63.9 Å². The molecule has 1 saturated heterocycles. The molecule has 0 radical (unpaired) electrons. The molecule has 0 aliphatic carbocycles. The quantitative estimate of drug-likeness (QED) is 0.306. The summed E-state index contributed by atoms with van der Waals surface area (Å²) in [7, 11) is 0. The van der Waals surface area contributed by atoms with Crippen LogP contribution in [0.1, 0.15) is 29.9 Å². The van der Waals surface area contributed by atoms with Crippen molar-refractivity contribution in [1.82, 2.24) is 4.57 Å². The number of hydrogen-bond donors (Lipinski definition) is 1. The van der Waals surface area contributed by atoms with Crippen LogP contribution in [0.3, 0.4) is 0 Å². The molecule has 0 atom stereocenters. The largest absolute Gasteiger partial charge is 0.491 e. The summed E-state index contributed by atoms with van der Waals surface area (Å²) in [6, 6.07) is 17.7. The third kappa shape index (κ3) is 4.93. The number of carbonyl (C=O) groups is 1. The zero-order valence-corrected chi connectivity index (χ0v) is 21.0. The number of anilines is 1. The van der Waals surface area contributed by atoms with Crippen LogP contribution in [0.2, 0.25) is 0 Å². The molecular weight excluding hydrogens is 497 g/mol. The molecule has 1 fully saturated rings. The molecule has 38 heavy (non-hydrogen) atoms. The Morgan fingerprint density at radius 2 is 1.58 bits per heavy atom. The molecule has 9 heteroatoms. The van der Waals surface area contributed by atoms with E-state index in [1.807, 2.05) is 43.0 Å². The van der Waals surface area contributed by atoms with Crippen LogP contribution in [0.5, 0.6) is 5.75 Å². The number of nitrogens with zero attached hydrogens (tertiary/aromatic N) is 2. The van der Waals surface area contributed by atoms with E-state index in [1.165, 1.54) is 12.1 Å². The minimum absolute atomic E-state index is 0.000573. The average molecular weight is 525 g/mol. The Balaban J connectivity index is 1.69. The van der Waals surface area contributed by atoms with E-state index < -0.39 is 17.7 Å². The summed E-state index contributed by atoms with van der Waals surface area (Å²) >= 11 is 0. The Kier molecular flexibility index (Phi) is 6.79. The van der Waals surface area contributed by atoms with Gasteiger partial charge in [0, 0.05) is 24.2 Å². The van der Waals surface area contributed by atoms with E-state index in [0.717, 1.165) is 12.1 Å². The normalized spacial score (nSPS) is 14.3. The number of aromatic nitrogens is 1. The minimum atomic E-state index is -4.42. The summed E-state index contributed by atoms with van der Waals surface area (Å²) in [5.74, 6) is -0.406. The first-order chi connectivity index (χ1) is 18.1. The minimum Gasteiger partial charge on any atom is -0.491 e. The number of halogens is 3. The predicted octanol–water partition coefficient (Wildman–Crippen LogP) is 6.64. The lowest BCUT2D eigenvalue weighted by atomic mass is 10.0. The first-order valence-electron chi connectivity index (χ1n) is 12.3. The van der Waals surface area contributed by atoms with Crippen LogP contribution in [0.15, 0.2) is 66.7 Å². The smallest absolute Gasteiger partial charge is 0.416 e. The van der Waals surface area contributed by atoms with E-state index in [4.69, 9.17) is 9.47 Å². The molecule has 5 rings (SSSR count). The maximum atomic E-state index is 13.1. The highest BCUT2D eigenvalue weighted by molar-refractivity contribution is 6.09. The Labute approximate surface area is 217 Å². The van der Waals surface area contributed by atoms with Crippen molar-refractivity contribution in [3.63, 3.8) is 0 Å². The van der Waals surface area contributed by atoms with Gasteiger partial charge in [-0.1, -0.05) is 18.2 Å². The number of rotatable bonds is 6. The summed E-state index contributed by atoms with van der Waals surface area (Å²) in [5, 5.41) is 11.1. The summed E-state index contributed by atoms with van der Waals surface area (Å²) in [5.41, 5.74) is 2.59. The Morgan fingerprint density at radius 3 is 2.16 bits per heavy atom. The Hall–Kier alpha value is -3.98. The Morgan fingerprint density at radius 1 is 0.947 bits per heavy atom. The van der Waals surface area contributed by atoms with Crippen molar-refractivity contribution in [2.75, 3.05) is 31.2 Å². The lowest BCUT2D eigenvalue weighted by molar-refractivity contribution is -0.137. The summed E-state index contributed by atoms with van der Waals surface area (Å²) < 4.78 is 52.2. The van der Waals surface area contributed by atoms with Gasteiger partial charge in [0.05, 0.1) is 36.1 Å². The lowest BCUT2D eigenvalue weighted by Crippen LogP contribution is -2.37. The molecule has 6 nitrogen and oxygen atoms in total. The number of hydrogen-bond acceptors (Lipinski definition) is 4. The van der Waals surface area contributed by atoms with Crippen molar-refractivity contribution < 1.29 is 32.5 Å². The molecule has 1 aromatic heterocycles. The number of alkyl halides is 3. The van der Waals surface area contributed by atoms with Gasteiger partial charge in [-0.05, 0) is 73.5 Å². The van der Waals surface area contributed by atoms with Gasteiger partial charge in [0.15, 0.2) is 5.69 Å². The SMILES string of the molecule is CC(C)Oc1ccc(-n2c(C(=O)O)c(N3CCOCC3)c3cc(-c4ccc(C(F)(F)F)cc4)ccc32)cc1. The Bertz CT molecular complexity index is 1450. The van der Waals surface area contributed by atoms with Gasteiger partial charge in [-0.3, -0.25) is 0 Å². The van der Waals surface area contributed by atoms with Crippen LogP contribution >= 0.6 is 0 Å².